The molecule has 1 heterocycles. The minimum atomic E-state index is -0.303. The second-order valence-electron chi connectivity index (χ2n) is 7.70. The zero-order chi connectivity index (χ0) is 21.8. The summed E-state index contributed by atoms with van der Waals surface area (Å²) in [5, 5.41) is 8.49. The Balaban J connectivity index is 1.71. The second-order valence-corrected chi connectivity index (χ2v) is 7.70. The highest BCUT2D eigenvalue weighted by atomic mass is 16.2. The summed E-state index contributed by atoms with van der Waals surface area (Å²) in [5.74, 6) is -0.303. The SMILES string of the molecule is C[NH+](C)[C@H](CNC(=O)c1nn(-c2ccccc2)c(=O)c2ccccc12)c1ccccc1. The Morgan fingerprint density at radius 3 is 2.13 bits per heavy atom. The molecule has 3 aromatic carbocycles. The third-order valence-electron chi connectivity index (χ3n) is 5.39. The fourth-order valence-electron chi connectivity index (χ4n) is 3.72. The fourth-order valence-corrected chi connectivity index (χ4v) is 3.72. The van der Waals surface area contributed by atoms with Gasteiger partial charge in [-0.15, -0.1) is 0 Å². The Kier molecular flexibility index (Phi) is 5.91. The van der Waals surface area contributed by atoms with E-state index in [9.17, 15) is 9.59 Å². The minimum absolute atomic E-state index is 0.0939. The Morgan fingerprint density at radius 2 is 1.48 bits per heavy atom. The molecule has 1 atom stereocenters. The summed E-state index contributed by atoms with van der Waals surface area (Å²) in [7, 11) is 4.13. The standard InChI is InChI=1S/C25H24N4O2/c1-28(2)22(18-11-5-3-6-12-18)17-26-24(30)23-20-15-9-10-16-21(20)25(31)29(27-23)19-13-7-4-8-14-19/h3-16,22H,17H2,1-2H3,(H,26,30)/p+1/t22-/m1/s1. The summed E-state index contributed by atoms with van der Waals surface area (Å²) >= 11 is 0. The van der Waals surface area contributed by atoms with Gasteiger partial charge in [0.15, 0.2) is 5.69 Å². The zero-order valence-corrected chi connectivity index (χ0v) is 17.6. The molecule has 0 saturated heterocycles. The maximum absolute atomic E-state index is 13.2. The third kappa shape index (κ3) is 4.25. The molecular weight excluding hydrogens is 388 g/mol. The summed E-state index contributed by atoms with van der Waals surface area (Å²) in [6, 6.07) is 26.4. The van der Waals surface area contributed by atoms with E-state index in [4.69, 9.17) is 0 Å². The Morgan fingerprint density at radius 1 is 0.903 bits per heavy atom. The van der Waals surface area contributed by atoms with Gasteiger partial charge in [0.25, 0.3) is 11.5 Å². The first-order valence-corrected chi connectivity index (χ1v) is 10.3. The van der Waals surface area contributed by atoms with Crippen LogP contribution >= 0.6 is 0 Å². The van der Waals surface area contributed by atoms with Crippen LogP contribution in [0.5, 0.6) is 0 Å². The number of rotatable bonds is 6. The molecule has 4 aromatic rings. The van der Waals surface area contributed by atoms with Crippen molar-refractivity contribution in [2.24, 2.45) is 0 Å². The zero-order valence-electron chi connectivity index (χ0n) is 17.6. The third-order valence-corrected chi connectivity index (χ3v) is 5.39. The van der Waals surface area contributed by atoms with Crippen molar-refractivity contribution < 1.29 is 9.69 Å². The highest BCUT2D eigenvalue weighted by molar-refractivity contribution is 6.04. The highest BCUT2D eigenvalue weighted by Crippen LogP contribution is 2.16. The maximum Gasteiger partial charge on any atom is 0.279 e. The number of nitrogens with one attached hydrogen (secondary N) is 2. The Hall–Kier alpha value is -3.77. The molecule has 0 aliphatic carbocycles. The molecule has 6 nitrogen and oxygen atoms in total. The largest absolute Gasteiger partial charge is 0.344 e. The molecule has 0 aliphatic rings. The predicted molar refractivity (Wildman–Crippen MR) is 122 cm³/mol. The van der Waals surface area contributed by atoms with Crippen molar-refractivity contribution in [3.8, 4) is 5.69 Å². The van der Waals surface area contributed by atoms with Crippen LogP contribution < -0.4 is 15.8 Å². The Labute approximate surface area is 180 Å². The van der Waals surface area contributed by atoms with Crippen LogP contribution in [0.3, 0.4) is 0 Å². The van der Waals surface area contributed by atoms with Crippen molar-refractivity contribution in [3.63, 3.8) is 0 Å². The summed E-state index contributed by atoms with van der Waals surface area (Å²) in [5.41, 5.74) is 1.75. The van der Waals surface area contributed by atoms with Gasteiger partial charge in [-0.1, -0.05) is 66.7 Å². The van der Waals surface area contributed by atoms with Gasteiger partial charge in [-0.25, -0.2) is 0 Å². The molecule has 0 spiro atoms. The number of carbonyl (C=O) groups excluding carboxylic acids is 1. The quantitative estimate of drug-likeness (QED) is 0.508. The van der Waals surface area contributed by atoms with Crippen LogP contribution in [0.2, 0.25) is 0 Å². The van der Waals surface area contributed by atoms with E-state index in [2.05, 4.69) is 36.6 Å². The number of likely N-dealkylation sites (N-methyl/N-ethyl adjacent to an activating group) is 1. The van der Waals surface area contributed by atoms with Gasteiger partial charge < -0.3 is 10.2 Å². The smallest absolute Gasteiger partial charge is 0.279 e. The minimum Gasteiger partial charge on any atom is -0.344 e. The topological polar surface area (TPSA) is 68.4 Å². The van der Waals surface area contributed by atoms with E-state index in [1.807, 2.05) is 42.5 Å². The number of para-hydroxylation sites is 1. The highest BCUT2D eigenvalue weighted by Gasteiger charge is 2.22. The normalized spacial score (nSPS) is 12.1. The van der Waals surface area contributed by atoms with Gasteiger partial charge >= 0.3 is 0 Å². The molecule has 0 saturated carbocycles. The monoisotopic (exact) mass is 413 g/mol. The van der Waals surface area contributed by atoms with Crippen molar-refractivity contribution >= 4 is 16.7 Å². The number of nitrogens with zero attached hydrogens (tertiary/aromatic N) is 2. The second kappa shape index (κ2) is 8.93. The lowest BCUT2D eigenvalue weighted by Crippen LogP contribution is -3.07. The van der Waals surface area contributed by atoms with E-state index < -0.39 is 0 Å². The lowest BCUT2D eigenvalue weighted by atomic mass is 10.1. The lowest BCUT2D eigenvalue weighted by Gasteiger charge is -2.22. The van der Waals surface area contributed by atoms with Crippen LogP contribution in [0.4, 0.5) is 0 Å². The predicted octanol–water partition coefficient (Wildman–Crippen LogP) is 2.00. The lowest BCUT2D eigenvalue weighted by molar-refractivity contribution is -0.890. The summed E-state index contributed by atoms with van der Waals surface area (Å²) in [4.78, 5) is 27.4. The molecule has 0 aliphatic heterocycles. The molecule has 1 aromatic heterocycles. The van der Waals surface area contributed by atoms with E-state index in [1.54, 1.807) is 30.3 Å². The number of hydrogen-bond acceptors (Lipinski definition) is 3. The first-order valence-electron chi connectivity index (χ1n) is 10.3. The summed E-state index contributed by atoms with van der Waals surface area (Å²) < 4.78 is 1.29. The summed E-state index contributed by atoms with van der Waals surface area (Å²) in [6.07, 6.45) is 0. The van der Waals surface area contributed by atoms with Crippen molar-refractivity contribution in [3.05, 3.63) is 107 Å². The Bertz CT molecular complexity index is 1250. The van der Waals surface area contributed by atoms with Gasteiger partial charge in [-0.05, 0) is 18.2 Å². The van der Waals surface area contributed by atoms with Gasteiger partial charge in [0.05, 0.1) is 31.7 Å². The van der Waals surface area contributed by atoms with E-state index >= 15 is 0 Å². The fraction of sp³-hybridized carbons (Fsp3) is 0.160. The molecule has 6 heteroatoms. The molecule has 31 heavy (non-hydrogen) atoms. The number of quaternary nitrogens is 1. The van der Waals surface area contributed by atoms with Crippen LogP contribution in [0.1, 0.15) is 22.1 Å². The van der Waals surface area contributed by atoms with E-state index in [0.717, 1.165) is 5.56 Å². The van der Waals surface area contributed by atoms with Gasteiger partial charge in [0, 0.05) is 10.9 Å². The average molecular weight is 414 g/mol. The maximum atomic E-state index is 13.2. The molecule has 2 N–H and O–H groups in total. The molecular formula is C25H25N4O2+. The first kappa shape index (κ1) is 20.5. The number of fused-ring (bicyclic) bond motifs is 1. The average Bonchev–Trinajstić information content (AvgIpc) is 2.80. The van der Waals surface area contributed by atoms with Gasteiger partial charge in [-0.3, -0.25) is 9.59 Å². The number of amides is 1. The number of aromatic nitrogens is 2. The van der Waals surface area contributed by atoms with Crippen molar-refractivity contribution in [1.29, 1.82) is 0 Å². The van der Waals surface area contributed by atoms with Crippen LogP contribution in [0, 0.1) is 0 Å². The molecule has 0 fully saturated rings. The molecule has 4 rings (SSSR count). The molecule has 0 radical (unpaired) electrons. The van der Waals surface area contributed by atoms with Crippen LogP contribution in [0.25, 0.3) is 16.5 Å². The van der Waals surface area contributed by atoms with Crippen molar-refractivity contribution in [2.75, 3.05) is 20.6 Å². The van der Waals surface area contributed by atoms with Gasteiger partial charge in [0.1, 0.15) is 6.04 Å². The van der Waals surface area contributed by atoms with Crippen LogP contribution in [-0.2, 0) is 0 Å². The molecule has 156 valence electrons. The van der Waals surface area contributed by atoms with E-state index in [-0.39, 0.29) is 23.2 Å². The number of benzene rings is 3. The van der Waals surface area contributed by atoms with Gasteiger partial charge in [-0.2, -0.15) is 9.78 Å². The van der Waals surface area contributed by atoms with Crippen molar-refractivity contribution in [2.45, 2.75) is 6.04 Å². The number of carbonyl (C=O) groups is 1. The van der Waals surface area contributed by atoms with Gasteiger partial charge in [0.2, 0.25) is 0 Å². The molecule has 1 amide bonds. The van der Waals surface area contributed by atoms with Crippen LogP contribution in [-0.4, -0.2) is 36.3 Å². The van der Waals surface area contributed by atoms with Crippen molar-refractivity contribution in [1.82, 2.24) is 15.1 Å². The molecule has 0 unspecified atom stereocenters. The first-order chi connectivity index (χ1) is 15.1. The van der Waals surface area contributed by atoms with Crippen LogP contribution in [0.15, 0.2) is 89.7 Å². The molecule has 0 bridgehead atoms. The van der Waals surface area contributed by atoms with E-state index in [1.165, 1.54) is 9.58 Å². The number of hydrogen-bond donors (Lipinski definition) is 2. The summed E-state index contributed by atoms with van der Waals surface area (Å²) in [6.45, 7) is 0.450. The van der Waals surface area contributed by atoms with E-state index in [0.29, 0.717) is 23.0 Å².